The van der Waals surface area contributed by atoms with Gasteiger partial charge in [-0.05, 0) is 48.1 Å². The maximum atomic E-state index is 6.10. The molecule has 0 atom stereocenters. The van der Waals surface area contributed by atoms with Gasteiger partial charge in [-0.25, -0.2) is 0 Å². The molecule has 1 saturated carbocycles. The van der Waals surface area contributed by atoms with Gasteiger partial charge in [0.05, 0.1) is 6.54 Å². The molecule has 1 aliphatic rings. The van der Waals surface area contributed by atoms with Crippen molar-refractivity contribution in [1.29, 1.82) is 0 Å². The van der Waals surface area contributed by atoms with E-state index in [1.807, 2.05) is 12.1 Å². The molecule has 3 aromatic rings. The highest BCUT2D eigenvalue weighted by Gasteiger charge is 2.16. The molecule has 0 aliphatic heterocycles. The van der Waals surface area contributed by atoms with Crippen LogP contribution in [-0.4, -0.2) is 9.97 Å². The highest BCUT2D eigenvalue weighted by Crippen LogP contribution is 2.34. The van der Waals surface area contributed by atoms with E-state index in [1.54, 1.807) is 18.2 Å². The molecule has 148 valence electrons. The summed E-state index contributed by atoms with van der Waals surface area (Å²) in [6, 6.07) is 17.6. The van der Waals surface area contributed by atoms with Crippen molar-refractivity contribution in [1.82, 2.24) is 9.97 Å². The standard InChI is InChI=1S/C22H21Cl2N5/c23-18-6-3-7-19(12-18)26-21-13-20(24)27-22(28-21)29-25-14-15-8-10-17(11-9-15)16-4-1-2-5-16/h3,6-13,16H,1-2,4-5,14H2,(H,26,27,28). The van der Waals surface area contributed by atoms with Crippen LogP contribution in [0.15, 0.2) is 64.8 Å². The van der Waals surface area contributed by atoms with Crippen molar-refractivity contribution in [2.45, 2.75) is 38.1 Å². The van der Waals surface area contributed by atoms with Crippen molar-refractivity contribution < 1.29 is 0 Å². The smallest absolute Gasteiger partial charge is 0.271 e. The van der Waals surface area contributed by atoms with E-state index >= 15 is 0 Å². The molecule has 0 spiro atoms. The zero-order valence-electron chi connectivity index (χ0n) is 15.9. The number of halogens is 2. The predicted molar refractivity (Wildman–Crippen MR) is 118 cm³/mol. The minimum Gasteiger partial charge on any atom is -0.340 e. The van der Waals surface area contributed by atoms with Crippen LogP contribution in [0.4, 0.5) is 17.5 Å². The summed E-state index contributed by atoms with van der Waals surface area (Å²) in [5.41, 5.74) is 3.34. The monoisotopic (exact) mass is 425 g/mol. The van der Waals surface area contributed by atoms with E-state index in [9.17, 15) is 0 Å². The number of benzene rings is 2. The van der Waals surface area contributed by atoms with Gasteiger partial charge < -0.3 is 5.32 Å². The second kappa shape index (κ2) is 9.33. The molecule has 0 saturated heterocycles. The second-order valence-electron chi connectivity index (χ2n) is 7.13. The van der Waals surface area contributed by atoms with Crippen LogP contribution in [0, 0.1) is 0 Å². The van der Waals surface area contributed by atoms with Crippen molar-refractivity contribution in [3.05, 3.63) is 75.9 Å². The Hall–Kier alpha value is -2.50. The van der Waals surface area contributed by atoms with E-state index < -0.39 is 0 Å². The number of anilines is 2. The average Bonchev–Trinajstić information content (AvgIpc) is 3.23. The number of aromatic nitrogens is 2. The van der Waals surface area contributed by atoms with E-state index in [0.29, 0.717) is 22.5 Å². The molecule has 2 aromatic carbocycles. The first kappa shape index (κ1) is 19.8. The van der Waals surface area contributed by atoms with E-state index in [1.165, 1.54) is 31.2 Å². The Labute approximate surface area is 180 Å². The molecule has 5 nitrogen and oxygen atoms in total. The third kappa shape index (κ3) is 5.52. The van der Waals surface area contributed by atoms with Gasteiger partial charge in [0, 0.05) is 16.8 Å². The maximum absolute atomic E-state index is 6.10. The average molecular weight is 426 g/mol. The minimum atomic E-state index is 0.213. The van der Waals surface area contributed by atoms with Crippen LogP contribution in [-0.2, 0) is 6.54 Å². The highest BCUT2D eigenvalue weighted by molar-refractivity contribution is 6.31. The first-order valence-electron chi connectivity index (χ1n) is 9.69. The van der Waals surface area contributed by atoms with Crippen molar-refractivity contribution >= 4 is 40.7 Å². The van der Waals surface area contributed by atoms with Gasteiger partial charge in [-0.3, -0.25) is 0 Å². The predicted octanol–water partition coefficient (Wildman–Crippen LogP) is 7.47. The maximum Gasteiger partial charge on any atom is 0.271 e. The van der Waals surface area contributed by atoms with Gasteiger partial charge in [0.15, 0.2) is 0 Å². The fourth-order valence-corrected chi connectivity index (χ4v) is 3.93. The van der Waals surface area contributed by atoms with Gasteiger partial charge in [0.2, 0.25) is 0 Å². The van der Waals surface area contributed by atoms with E-state index in [-0.39, 0.29) is 5.95 Å². The molecule has 0 radical (unpaired) electrons. The Morgan fingerprint density at radius 2 is 1.76 bits per heavy atom. The zero-order chi connectivity index (χ0) is 20.1. The minimum absolute atomic E-state index is 0.213. The summed E-state index contributed by atoms with van der Waals surface area (Å²) in [5, 5.41) is 12.4. The summed E-state index contributed by atoms with van der Waals surface area (Å²) in [7, 11) is 0. The van der Waals surface area contributed by atoms with Crippen molar-refractivity contribution in [3.8, 4) is 0 Å². The van der Waals surface area contributed by atoms with Gasteiger partial charge in [-0.1, -0.05) is 66.4 Å². The lowest BCUT2D eigenvalue weighted by Crippen LogP contribution is -1.95. The molecule has 0 unspecified atom stereocenters. The summed E-state index contributed by atoms with van der Waals surface area (Å²) < 4.78 is 0. The Morgan fingerprint density at radius 3 is 2.52 bits per heavy atom. The Morgan fingerprint density at radius 1 is 0.966 bits per heavy atom. The number of nitrogens with zero attached hydrogens (tertiary/aromatic N) is 4. The fourth-order valence-electron chi connectivity index (χ4n) is 3.56. The summed E-state index contributed by atoms with van der Waals surface area (Å²) in [6.07, 6.45) is 5.29. The first-order chi connectivity index (χ1) is 14.2. The van der Waals surface area contributed by atoms with Crippen LogP contribution in [0.3, 0.4) is 0 Å². The molecule has 7 heteroatoms. The third-order valence-electron chi connectivity index (χ3n) is 5.00. The number of azo groups is 1. The summed E-state index contributed by atoms with van der Waals surface area (Å²) in [5.74, 6) is 1.46. The number of rotatable bonds is 6. The number of nitrogens with one attached hydrogen (secondary N) is 1. The second-order valence-corrected chi connectivity index (χ2v) is 7.96. The molecule has 0 amide bonds. The SMILES string of the molecule is Clc1cccc(Nc2cc(Cl)nc(N=NCc3ccc(C4CCCC4)cc3)n2)c1. The van der Waals surface area contributed by atoms with Gasteiger partial charge in [0.1, 0.15) is 11.0 Å². The van der Waals surface area contributed by atoms with Crippen LogP contribution in [0.2, 0.25) is 10.2 Å². The fraction of sp³-hybridized carbons (Fsp3) is 0.273. The quantitative estimate of drug-likeness (QED) is 0.329. The lowest BCUT2D eigenvalue weighted by Gasteiger charge is -2.09. The first-order valence-corrected chi connectivity index (χ1v) is 10.4. The van der Waals surface area contributed by atoms with E-state index in [4.69, 9.17) is 23.2 Å². The molecule has 1 fully saturated rings. The summed E-state index contributed by atoms with van der Waals surface area (Å²) in [4.78, 5) is 8.46. The Balaban J connectivity index is 1.40. The van der Waals surface area contributed by atoms with Gasteiger partial charge in [0.25, 0.3) is 5.95 Å². The molecule has 29 heavy (non-hydrogen) atoms. The van der Waals surface area contributed by atoms with Crippen molar-refractivity contribution in [3.63, 3.8) is 0 Å². The van der Waals surface area contributed by atoms with Gasteiger partial charge in [-0.15, -0.1) is 5.11 Å². The van der Waals surface area contributed by atoms with E-state index in [2.05, 4.69) is 49.8 Å². The molecule has 1 aliphatic carbocycles. The van der Waals surface area contributed by atoms with Crippen LogP contribution in [0.25, 0.3) is 0 Å². The summed E-state index contributed by atoms with van der Waals surface area (Å²) in [6.45, 7) is 0.470. The number of hydrogen-bond acceptors (Lipinski definition) is 5. The normalized spacial score (nSPS) is 14.6. The highest BCUT2D eigenvalue weighted by atomic mass is 35.5. The largest absolute Gasteiger partial charge is 0.340 e. The van der Waals surface area contributed by atoms with Crippen LogP contribution in [0.5, 0.6) is 0 Å². The molecule has 0 bridgehead atoms. The topological polar surface area (TPSA) is 62.5 Å². The van der Waals surface area contributed by atoms with Crippen LogP contribution < -0.4 is 5.32 Å². The molecule has 1 aromatic heterocycles. The number of hydrogen-bond donors (Lipinski definition) is 1. The van der Waals surface area contributed by atoms with Gasteiger partial charge in [-0.2, -0.15) is 15.1 Å². The van der Waals surface area contributed by atoms with E-state index in [0.717, 1.165) is 17.2 Å². The van der Waals surface area contributed by atoms with Crippen molar-refractivity contribution in [2.24, 2.45) is 10.2 Å². The molecule has 1 N–H and O–H groups in total. The summed E-state index contributed by atoms with van der Waals surface area (Å²) >= 11 is 12.1. The lowest BCUT2D eigenvalue weighted by atomic mass is 9.97. The molecule has 4 rings (SSSR count). The molecule has 1 heterocycles. The lowest BCUT2D eigenvalue weighted by molar-refractivity contribution is 0.722. The van der Waals surface area contributed by atoms with Crippen LogP contribution in [0.1, 0.15) is 42.7 Å². The zero-order valence-corrected chi connectivity index (χ0v) is 17.4. The Kier molecular flexibility index (Phi) is 6.37. The van der Waals surface area contributed by atoms with Crippen LogP contribution >= 0.6 is 23.2 Å². The van der Waals surface area contributed by atoms with Gasteiger partial charge >= 0.3 is 0 Å². The molecular weight excluding hydrogens is 405 g/mol. The van der Waals surface area contributed by atoms with Crippen molar-refractivity contribution in [2.75, 3.05) is 5.32 Å². The Bertz CT molecular complexity index is 998. The third-order valence-corrected chi connectivity index (χ3v) is 5.43. The molecular formula is C22H21Cl2N5.